The highest BCUT2D eigenvalue weighted by atomic mass is 32.2. The SMILES string of the molecule is CCOc1cc([C@H](CCO[SH](=O)=O)N2Cc3cccc(NC=O)c3C2=O)ccc1OC. The number of methoxy groups -OCH3 is 1. The molecule has 0 fully saturated rings. The molecule has 2 aromatic carbocycles. The lowest BCUT2D eigenvalue weighted by Gasteiger charge is -2.28. The summed E-state index contributed by atoms with van der Waals surface area (Å²) >= 11 is 0. The van der Waals surface area contributed by atoms with Crippen molar-refractivity contribution in [2.75, 3.05) is 25.6 Å². The number of nitrogens with zero attached hydrogens (tertiary/aromatic N) is 1. The zero-order valence-electron chi connectivity index (χ0n) is 17.2. The summed E-state index contributed by atoms with van der Waals surface area (Å²) in [6.07, 6.45) is 0.775. The quantitative estimate of drug-likeness (QED) is 0.401. The normalized spacial score (nSPS) is 13.8. The van der Waals surface area contributed by atoms with Crippen molar-refractivity contribution in [2.45, 2.75) is 25.9 Å². The van der Waals surface area contributed by atoms with Gasteiger partial charge in [0.1, 0.15) is 0 Å². The molecule has 0 saturated carbocycles. The van der Waals surface area contributed by atoms with Crippen LogP contribution in [0.3, 0.4) is 0 Å². The highest BCUT2D eigenvalue weighted by Crippen LogP contribution is 2.39. The van der Waals surface area contributed by atoms with Gasteiger partial charge in [0.2, 0.25) is 6.41 Å². The van der Waals surface area contributed by atoms with Crippen molar-refractivity contribution in [3.05, 3.63) is 53.1 Å². The lowest BCUT2D eigenvalue weighted by atomic mass is 10.0. The average Bonchev–Trinajstić information content (AvgIpc) is 3.09. The van der Waals surface area contributed by atoms with E-state index in [2.05, 4.69) is 5.32 Å². The number of fused-ring (bicyclic) bond motifs is 1. The summed E-state index contributed by atoms with van der Waals surface area (Å²) in [4.78, 5) is 25.9. The van der Waals surface area contributed by atoms with Crippen molar-refractivity contribution in [2.24, 2.45) is 0 Å². The molecule has 1 N–H and O–H groups in total. The van der Waals surface area contributed by atoms with Gasteiger partial charge in [-0.1, -0.05) is 18.2 Å². The second kappa shape index (κ2) is 10.3. The van der Waals surface area contributed by atoms with Gasteiger partial charge in [0, 0.05) is 6.54 Å². The summed E-state index contributed by atoms with van der Waals surface area (Å²) in [5.74, 6) is 0.817. The Labute approximate surface area is 182 Å². The lowest BCUT2D eigenvalue weighted by Crippen LogP contribution is -2.30. The van der Waals surface area contributed by atoms with Crippen LogP contribution in [0.4, 0.5) is 5.69 Å². The third-order valence-electron chi connectivity index (χ3n) is 5.02. The molecule has 0 saturated heterocycles. The Hall–Kier alpha value is -3.11. The van der Waals surface area contributed by atoms with Gasteiger partial charge in [-0.2, -0.15) is 0 Å². The third-order valence-corrected chi connectivity index (χ3v) is 5.41. The second-order valence-electron chi connectivity index (χ2n) is 6.74. The number of hydrogen-bond acceptors (Lipinski definition) is 7. The van der Waals surface area contributed by atoms with Crippen molar-refractivity contribution < 1.29 is 31.7 Å². The molecule has 0 aromatic heterocycles. The smallest absolute Gasteiger partial charge is 0.257 e. The minimum atomic E-state index is -3.00. The van der Waals surface area contributed by atoms with Gasteiger partial charge in [-0.05, 0) is 42.7 Å². The summed E-state index contributed by atoms with van der Waals surface area (Å²) < 4.78 is 37.5. The van der Waals surface area contributed by atoms with Crippen molar-refractivity contribution in [1.29, 1.82) is 0 Å². The molecule has 10 heteroatoms. The summed E-state index contributed by atoms with van der Waals surface area (Å²) in [6.45, 7) is 2.51. The number of hydrogen-bond donors (Lipinski definition) is 2. The number of anilines is 1. The van der Waals surface area contributed by atoms with E-state index in [0.29, 0.717) is 42.3 Å². The van der Waals surface area contributed by atoms with E-state index < -0.39 is 17.0 Å². The number of thiol groups is 1. The van der Waals surface area contributed by atoms with Crippen molar-refractivity contribution in [3.8, 4) is 11.5 Å². The van der Waals surface area contributed by atoms with Gasteiger partial charge in [-0.3, -0.25) is 13.8 Å². The van der Waals surface area contributed by atoms with Crippen LogP contribution in [0.15, 0.2) is 36.4 Å². The largest absolute Gasteiger partial charge is 0.493 e. The first-order valence-corrected chi connectivity index (χ1v) is 10.8. The van der Waals surface area contributed by atoms with Crippen LogP contribution in [0.5, 0.6) is 11.5 Å². The predicted octanol–water partition coefficient (Wildman–Crippen LogP) is 2.29. The maximum absolute atomic E-state index is 13.3. The molecule has 0 radical (unpaired) electrons. The van der Waals surface area contributed by atoms with E-state index in [0.717, 1.165) is 11.1 Å². The van der Waals surface area contributed by atoms with Crippen LogP contribution in [0.1, 0.15) is 40.9 Å². The highest BCUT2D eigenvalue weighted by Gasteiger charge is 2.35. The molecule has 1 aliphatic rings. The lowest BCUT2D eigenvalue weighted by molar-refractivity contribution is -0.105. The molecule has 3 rings (SSSR count). The van der Waals surface area contributed by atoms with Crippen molar-refractivity contribution >= 4 is 29.0 Å². The van der Waals surface area contributed by atoms with E-state index in [4.69, 9.17) is 13.7 Å². The highest BCUT2D eigenvalue weighted by molar-refractivity contribution is 7.67. The zero-order valence-corrected chi connectivity index (χ0v) is 18.1. The molecule has 1 atom stereocenters. The average molecular weight is 448 g/mol. The van der Waals surface area contributed by atoms with E-state index in [1.54, 1.807) is 29.2 Å². The molecule has 1 aliphatic heterocycles. The summed E-state index contributed by atoms with van der Waals surface area (Å²) in [5, 5.41) is 2.57. The van der Waals surface area contributed by atoms with Gasteiger partial charge in [-0.15, -0.1) is 0 Å². The van der Waals surface area contributed by atoms with E-state index in [1.165, 1.54) is 7.11 Å². The number of nitrogens with one attached hydrogen (secondary N) is 1. The molecule has 1 heterocycles. The van der Waals surface area contributed by atoms with Crippen LogP contribution in [0.2, 0.25) is 0 Å². The Kier molecular flexibility index (Phi) is 7.48. The van der Waals surface area contributed by atoms with Gasteiger partial charge >= 0.3 is 0 Å². The Morgan fingerprint density at radius 1 is 1.23 bits per heavy atom. The minimum Gasteiger partial charge on any atom is -0.493 e. The second-order valence-corrected chi connectivity index (χ2v) is 7.44. The van der Waals surface area contributed by atoms with Crippen LogP contribution in [-0.4, -0.2) is 46.0 Å². The molecule has 2 amide bonds. The maximum atomic E-state index is 13.3. The number of rotatable bonds is 11. The molecule has 0 spiro atoms. The van der Waals surface area contributed by atoms with Gasteiger partial charge in [0.25, 0.3) is 16.9 Å². The molecular weight excluding hydrogens is 424 g/mol. The maximum Gasteiger partial charge on any atom is 0.257 e. The Bertz CT molecular complexity index is 1030. The summed E-state index contributed by atoms with van der Waals surface area (Å²) in [6, 6.07) is 10.1. The summed E-state index contributed by atoms with van der Waals surface area (Å²) in [7, 11) is -1.46. The third kappa shape index (κ3) is 4.97. The van der Waals surface area contributed by atoms with Crippen LogP contribution >= 0.6 is 0 Å². The number of benzene rings is 2. The van der Waals surface area contributed by atoms with Crippen LogP contribution in [-0.2, 0) is 26.5 Å². The monoisotopic (exact) mass is 448 g/mol. The molecule has 0 unspecified atom stereocenters. The molecule has 0 aliphatic carbocycles. The Balaban J connectivity index is 1.98. The van der Waals surface area contributed by atoms with Gasteiger partial charge in [0.05, 0.1) is 37.6 Å². The molecular formula is C21H24N2O7S. The molecule has 9 nitrogen and oxygen atoms in total. The van der Waals surface area contributed by atoms with Gasteiger partial charge in [0.15, 0.2) is 11.5 Å². The summed E-state index contributed by atoms with van der Waals surface area (Å²) in [5.41, 5.74) is 2.38. The standard InChI is InChI=1S/C21H24N2O7S/c1-3-29-19-11-14(7-8-18(19)28-2)17(9-10-30-31(26)27)23-12-15-5-4-6-16(22-13-24)20(15)21(23)25/h4-8,11,13,17,31H,3,9-10,12H2,1-2H3,(H,22,24)/t17-/m0/s1. The molecule has 166 valence electrons. The number of carbonyl (C=O) groups is 2. The van der Waals surface area contributed by atoms with Crippen molar-refractivity contribution in [3.63, 3.8) is 0 Å². The topological polar surface area (TPSA) is 111 Å². The first kappa shape index (κ1) is 22.6. The van der Waals surface area contributed by atoms with Gasteiger partial charge < -0.3 is 19.7 Å². The van der Waals surface area contributed by atoms with Gasteiger partial charge in [-0.25, -0.2) is 8.42 Å². The van der Waals surface area contributed by atoms with Crippen LogP contribution in [0, 0.1) is 0 Å². The Morgan fingerprint density at radius 3 is 2.71 bits per heavy atom. The minimum absolute atomic E-state index is 0.0844. The fourth-order valence-corrected chi connectivity index (χ4v) is 3.98. The predicted molar refractivity (Wildman–Crippen MR) is 114 cm³/mol. The fourth-order valence-electron chi connectivity index (χ4n) is 3.73. The first-order valence-electron chi connectivity index (χ1n) is 9.71. The first-order chi connectivity index (χ1) is 15.0. The number of amides is 2. The van der Waals surface area contributed by atoms with E-state index in [1.807, 2.05) is 19.1 Å². The molecule has 2 aromatic rings. The van der Waals surface area contributed by atoms with Crippen molar-refractivity contribution in [1.82, 2.24) is 4.90 Å². The van der Waals surface area contributed by atoms with Crippen LogP contribution < -0.4 is 14.8 Å². The molecule has 31 heavy (non-hydrogen) atoms. The van der Waals surface area contributed by atoms with Crippen LogP contribution in [0.25, 0.3) is 0 Å². The fraction of sp³-hybridized carbons (Fsp3) is 0.333. The van der Waals surface area contributed by atoms with E-state index >= 15 is 0 Å². The Morgan fingerprint density at radius 2 is 2.03 bits per heavy atom. The van der Waals surface area contributed by atoms with E-state index in [-0.39, 0.29) is 18.9 Å². The number of carbonyl (C=O) groups excluding carboxylic acids is 2. The molecule has 0 bridgehead atoms. The van der Waals surface area contributed by atoms with E-state index in [9.17, 15) is 18.0 Å². The number of ether oxygens (including phenoxy) is 2. The zero-order chi connectivity index (χ0) is 22.4.